The van der Waals surface area contributed by atoms with Crippen molar-refractivity contribution in [2.45, 2.75) is 45.7 Å². The van der Waals surface area contributed by atoms with E-state index in [9.17, 15) is 0 Å². The number of pyridine rings is 1. The van der Waals surface area contributed by atoms with Crippen molar-refractivity contribution >= 4 is 0 Å². The van der Waals surface area contributed by atoms with E-state index in [1.165, 1.54) is 37.9 Å². The van der Waals surface area contributed by atoms with Crippen LogP contribution in [0.25, 0.3) is 0 Å². The first-order chi connectivity index (χ1) is 10.2. The molecule has 2 rings (SSSR count). The molecule has 2 heterocycles. The molecule has 1 aliphatic heterocycles. The Bertz CT molecular complexity index is 416. The molecule has 1 N–H and O–H groups in total. The molecule has 0 amide bonds. The lowest BCUT2D eigenvalue weighted by atomic mass is 9.90. The van der Waals surface area contributed by atoms with E-state index in [-0.39, 0.29) is 0 Å². The van der Waals surface area contributed by atoms with Gasteiger partial charge >= 0.3 is 0 Å². The SMILES string of the molecule is CCCNC(C)C1CCN(Cc2cccnc2OC)CC1. The van der Waals surface area contributed by atoms with E-state index < -0.39 is 0 Å². The molecule has 0 spiro atoms. The fraction of sp³-hybridized carbons (Fsp3) is 0.706. The lowest BCUT2D eigenvalue weighted by Gasteiger charge is -2.35. The molecule has 0 bridgehead atoms. The van der Waals surface area contributed by atoms with Crippen molar-refractivity contribution < 1.29 is 4.74 Å². The van der Waals surface area contributed by atoms with Gasteiger partial charge in [-0.2, -0.15) is 0 Å². The number of nitrogens with one attached hydrogen (secondary N) is 1. The second-order valence-corrected chi connectivity index (χ2v) is 6.03. The summed E-state index contributed by atoms with van der Waals surface area (Å²) < 4.78 is 5.34. The third-order valence-electron chi connectivity index (χ3n) is 4.49. The van der Waals surface area contributed by atoms with Gasteiger partial charge in [0, 0.05) is 24.3 Å². The zero-order valence-corrected chi connectivity index (χ0v) is 13.6. The molecule has 1 saturated heterocycles. The molecule has 1 aromatic rings. The number of rotatable bonds is 7. The molecule has 4 nitrogen and oxygen atoms in total. The molecule has 0 saturated carbocycles. The van der Waals surface area contributed by atoms with Gasteiger partial charge in [-0.05, 0) is 57.8 Å². The Morgan fingerprint density at radius 2 is 2.19 bits per heavy atom. The van der Waals surface area contributed by atoms with Crippen molar-refractivity contribution in [3.05, 3.63) is 23.9 Å². The Kier molecular flexibility index (Phi) is 6.46. The van der Waals surface area contributed by atoms with Crippen molar-refractivity contribution in [1.29, 1.82) is 0 Å². The van der Waals surface area contributed by atoms with E-state index in [2.05, 4.69) is 35.1 Å². The van der Waals surface area contributed by atoms with Crippen LogP contribution in [0.2, 0.25) is 0 Å². The first-order valence-corrected chi connectivity index (χ1v) is 8.18. The molecule has 21 heavy (non-hydrogen) atoms. The summed E-state index contributed by atoms with van der Waals surface area (Å²) in [5.41, 5.74) is 1.19. The molecular weight excluding hydrogens is 262 g/mol. The van der Waals surface area contributed by atoms with Gasteiger partial charge in [-0.1, -0.05) is 13.0 Å². The van der Waals surface area contributed by atoms with Crippen molar-refractivity contribution in [3.63, 3.8) is 0 Å². The molecule has 0 aliphatic carbocycles. The maximum Gasteiger partial charge on any atom is 0.217 e. The first-order valence-electron chi connectivity index (χ1n) is 8.18. The summed E-state index contributed by atoms with van der Waals surface area (Å²) in [4.78, 5) is 6.80. The van der Waals surface area contributed by atoms with Gasteiger partial charge in [0.15, 0.2) is 0 Å². The summed E-state index contributed by atoms with van der Waals surface area (Å²) in [5, 5.41) is 3.64. The maximum atomic E-state index is 5.34. The number of hydrogen-bond acceptors (Lipinski definition) is 4. The maximum absolute atomic E-state index is 5.34. The number of methoxy groups -OCH3 is 1. The fourth-order valence-corrected chi connectivity index (χ4v) is 3.12. The molecule has 0 radical (unpaired) electrons. The zero-order valence-electron chi connectivity index (χ0n) is 13.6. The van der Waals surface area contributed by atoms with Crippen molar-refractivity contribution in [1.82, 2.24) is 15.2 Å². The van der Waals surface area contributed by atoms with Crippen molar-refractivity contribution in [2.75, 3.05) is 26.7 Å². The summed E-state index contributed by atoms with van der Waals surface area (Å²) in [6.07, 6.45) is 5.56. The Labute approximate surface area is 128 Å². The van der Waals surface area contributed by atoms with Crippen LogP contribution < -0.4 is 10.1 Å². The largest absolute Gasteiger partial charge is 0.481 e. The number of aromatic nitrogens is 1. The van der Waals surface area contributed by atoms with Crippen LogP contribution in [0.5, 0.6) is 5.88 Å². The highest BCUT2D eigenvalue weighted by Gasteiger charge is 2.24. The molecule has 1 fully saturated rings. The number of likely N-dealkylation sites (tertiary alicyclic amines) is 1. The van der Waals surface area contributed by atoms with E-state index in [1.807, 2.05) is 6.07 Å². The number of ether oxygens (including phenoxy) is 1. The Morgan fingerprint density at radius 3 is 2.86 bits per heavy atom. The molecule has 1 aromatic heterocycles. The van der Waals surface area contributed by atoms with Crippen LogP contribution in [-0.2, 0) is 6.54 Å². The Hall–Kier alpha value is -1.13. The number of nitrogens with zero attached hydrogens (tertiary/aromatic N) is 2. The summed E-state index contributed by atoms with van der Waals surface area (Å²) in [7, 11) is 1.69. The van der Waals surface area contributed by atoms with Crippen LogP contribution in [0, 0.1) is 5.92 Å². The third kappa shape index (κ3) is 4.68. The number of hydrogen-bond donors (Lipinski definition) is 1. The van der Waals surface area contributed by atoms with Gasteiger partial charge in [0.2, 0.25) is 5.88 Å². The average molecular weight is 291 g/mol. The number of piperidine rings is 1. The highest BCUT2D eigenvalue weighted by Crippen LogP contribution is 2.24. The Balaban J connectivity index is 1.81. The minimum absolute atomic E-state index is 0.639. The van der Waals surface area contributed by atoms with E-state index in [0.717, 1.165) is 24.9 Å². The average Bonchev–Trinajstić information content (AvgIpc) is 2.54. The van der Waals surface area contributed by atoms with Crippen LogP contribution in [0.15, 0.2) is 18.3 Å². The lowest BCUT2D eigenvalue weighted by molar-refractivity contribution is 0.155. The molecule has 1 aliphatic rings. The van der Waals surface area contributed by atoms with Gasteiger partial charge < -0.3 is 10.1 Å². The second kappa shape index (κ2) is 8.35. The topological polar surface area (TPSA) is 37.4 Å². The van der Waals surface area contributed by atoms with Crippen molar-refractivity contribution in [2.24, 2.45) is 5.92 Å². The van der Waals surface area contributed by atoms with Crippen molar-refractivity contribution in [3.8, 4) is 5.88 Å². The highest BCUT2D eigenvalue weighted by molar-refractivity contribution is 5.25. The standard InChI is InChI=1S/C17H29N3O/c1-4-9-18-14(2)15-7-11-20(12-8-15)13-16-6-5-10-19-17(16)21-3/h5-6,10,14-15,18H,4,7-9,11-13H2,1-3H3. The predicted octanol–water partition coefficient (Wildman–Crippen LogP) is 2.69. The molecular formula is C17H29N3O. The summed E-state index contributed by atoms with van der Waals surface area (Å²) >= 11 is 0. The van der Waals surface area contributed by atoms with Gasteiger partial charge in [0.1, 0.15) is 0 Å². The highest BCUT2D eigenvalue weighted by atomic mass is 16.5. The predicted molar refractivity (Wildman–Crippen MR) is 86.5 cm³/mol. The van der Waals surface area contributed by atoms with Gasteiger partial charge in [-0.3, -0.25) is 4.90 Å². The van der Waals surface area contributed by atoms with E-state index >= 15 is 0 Å². The quantitative estimate of drug-likeness (QED) is 0.838. The third-order valence-corrected chi connectivity index (χ3v) is 4.49. The zero-order chi connectivity index (χ0) is 15.1. The van der Waals surface area contributed by atoms with Gasteiger partial charge in [0.25, 0.3) is 0 Å². The molecule has 0 aromatic carbocycles. The van der Waals surface area contributed by atoms with Crippen LogP contribution in [0.1, 0.15) is 38.7 Å². The van der Waals surface area contributed by atoms with Gasteiger partial charge in [0.05, 0.1) is 7.11 Å². The normalized spacial score (nSPS) is 18.6. The second-order valence-electron chi connectivity index (χ2n) is 6.03. The minimum Gasteiger partial charge on any atom is -0.481 e. The fourth-order valence-electron chi connectivity index (χ4n) is 3.12. The lowest BCUT2D eigenvalue weighted by Crippen LogP contribution is -2.41. The monoisotopic (exact) mass is 291 g/mol. The summed E-state index contributed by atoms with van der Waals surface area (Å²) in [6.45, 7) is 8.97. The minimum atomic E-state index is 0.639. The molecule has 1 unspecified atom stereocenters. The first kappa shape index (κ1) is 16.2. The molecule has 4 heteroatoms. The van der Waals surface area contributed by atoms with Gasteiger partial charge in [-0.15, -0.1) is 0 Å². The van der Waals surface area contributed by atoms with E-state index in [0.29, 0.717) is 6.04 Å². The van der Waals surface area contributed by atoms with E-state index in [1.54, 1.807) is 13.3 Å². The Morgan fingerprint density at radius 1 is 1.43 bits per heavy atom. The van der Waals surface area contributed by atoms with Crippen LogP contribution >= 0.6 is 0 Å². The van der Waals surface area contributed by atoms with Crippen LogP contribution in [0.3, 0.4) is 0 Å². The molecule has 1 atom stereocenters. The molecule has 118 valence electrons. The summed E-state index contributed by atoms with van der Waals surface area (Å²) in [5.74, 6) is 1.57. The smallest absolute Gasteiger partial charge is 0.217 e. The van der Waals surface area contributed by atoms with Crippen LogP contribution in [-0.4, -0.2) is 42.7 Å². The van der Waals surface area contributed by atoms with Crippen LogP contribution in [0.4, 0.5) is 0 Å². The summed E-state index contributed by atoms with van der Waals surface area (Å²) in [6, 6.07) is 4.74. The van der Waals surface area contributed by atoms with E-state index in [4.69, 9.17) is 4.74 Å². The van der Waals surface area contributed by atoms with Gasteiger partial charge in [-0.25, -0.2) is 4.98 Å².